The van der Waals surface area contributed by atoms with Gasteiger partial charge in [0.25, 0.3) is 0 Å². The number of anilines is 3. The van der Waals surface area contributed by atoms with Crippen LogP contribution in [0, 0.1) is 17.8 Å². The second-order valence-corrected chi connectivity index (χ2v) is 5.49. The number of hydrogen-bond donors (Lipinski definition) is 3. The van der Waals surface area contributed by atoms with Gasteiger partial charge in [0.15, 0.2) is 0 Å². The first-order chi connectivity index (χ1) is 8.22. The summed E-state index contributed by atoms with van der Waals surface area (Å²) >= 11 is 0. The van der Waals surface area contributed by atoms with Crippen LogP contribution in [0.2, 0.25) is 0 Å². The summed E-state index contributed by atoms with van der Waals surface area (Å²) in [5.74, 6) is 4.03. The number of pyridine rings is 1. The molecule has 0 saturated heterocycles. The standard InChI is InChI=1S/C13H20N4/c14-11-3-4-12(17-13(11)15)16-7-10-6-8-1-2-9(10)5-8/h3-4,8-10H,1-2,5-7,14H2,(H3,15,16,17). The minimum absolute atomic E-state index is 0.419. The molecule has 0 spiro atoms. The van der Waals surface area contributed by atoms with Crippen LogP contribution in [0.4, 0.5) is 17.3 Å². The van der Waals surface area contributed by atoms with E-state index in [1.54, 1.807) is 0 Å². The van der Waals surface area contributed by atoms with Crippen molar-refractivity contribution in [2.75, 3.05) is 23.3 Å². The molecule has 4 heteroatoms. The van der Waals surface area contributed by atoms with Crippen molar-refractivity contribution in [1.29, 1.82) is 0 Å². The van der Waals surface area contributed by atoms with Gasteiger partial charge in [0.1, 0.15) is 11.6 Å². The molecule has 2 aliphatic carbocycles. The van der Waals surface area contributed by atoms with Gasteiger partial charge in [0, 0.05) is 6.54 Å². The lowest BCUT2D eigenvalue weighted by molar-refractivity contribution is 0.348. The van der Waals surface area contributed by atoms with Gasteiger partial charge in [0.2, 0.25) is 0 Å². The Morgan fingerprint density at radius 2 is 2.12 bits per heavy atom. The Bertz CT molecular complexity index is 418. The van der Waals surface area contributed by atoms with E-state index in [-0.39, 0.29) is 0 Å². The second-order valence-electron chi connectivity index (χ2n) is 5.49. The summed E-state index contributed by atoms with van der Waals surface area (Å²) in [4.78, 5) is 4.24. The molecule has 0 amide bonds. The fourth-order valence-corrected chi connectivity index (χ4v) is 3.45. The van der Waals surface area contributed by atoms with Gasteiger partial charge in [-0.05, 0) is 49.1 Å². The Labute approximate surface area is 102 Å². The number of aromatic nitrogens is 1. The minimum Gasteiger partial charge on any atom is -0.396 e. The Balaban J connectivity index is 1.59. The monoisotopic (exact) mass is 232 g/mol. The fourth-order valence-electron chi connectivity index (χ4n) is 3.45. The van der Waals surface area contributed by atoms with Crippen molar-refractivity contribution in [2.45, 2.75) is 25.7 Å². The molecule has 0 radical (unpaired) electrons. The molecule has 0 aromatic carbocycles. The quantitative estimate of drug-likeness (QED) is 0.745. The molecule has 1 heterocycles. The average molecular weight is 232 g/mol. The average Bonchev–Trinajstić information content (AvgIpc) is 2.92. The van der Waals surface area contributed by atoms with Crippen molar-refractivity contribution >= 4 is 17.3 Å². The molecule has 2 aliphatic rings. The van der Waals surface area contributed by atoms with Gasteiger partial charge in [-0.25, -0.2) is 4.98 Å². The summed E-state index contributed by atoms with van der Waals surface area (Å²) in [7, 11) is 0. The van der Waals surface area contributed by atoms with Gasteiger partial charge in [-0.2, -0.15) is 0 Å². The molecule has 5 N–H and O–H groups in total. The summed E-state index contributed by atoms with van der Waals surface area (Å²) in [5, 5.41) is 3.39. The molecule has 2 fully saturated rings. The van der Waals surface area contributed by atoms with Crippen LogP contribution in [0.5, 0.6) is 0 Å². The topological polar surface area (TPSA) is 77.0 Å². The molecule has 2 saturated carbocycles. The lowest BCUT2D eigenvalue weighted by atomic mass is 9.89. The van der Waals surface area contributed by atoms with Crippen molar-refractivity contribution in [3.05, 3.63) is 12.1 Å². The normalized spacial score (nSPS) is 30.7. The Morgan fingerprint density at radius 3 is 2.76 bits per heavy atom. The van der Waals surface area contributed by atoms with Crippen LogP contribution in [-0.4, -0.2) is 11.5 Å². The van der Waals surface area contributed by atoms with E-state index in [1.807, 2.05) is 12.1 Å². The maximum Gasteiger partial charge on any atom is 0.149 e. The van der Waals surface area contributed by atoms with E-state index in [0.29, 0.717) is 11.5 Å². The van der Waals surface area contributed by atoms with Crippen LogP contribution < -0.4 is 16.8 Å². The maximum atomic E-state index is 5.69. The van der Waals surface area contributed by atoms with E-state index in [9.17, 15) is 0 Å². The molecular weight excluding hydrogens is 212 g/mol. The van der Waals surface area contributed by atoms with Gasteiger partial charge < -0.3 is 16.8 Å². The number of nitrogens with one attached hydrogen (secondary N) is 1. The second kappa shape index (κ2) is 4.09. The van der Waals surface area contributed by atoms with E-state index in [1.165, 1.54) is 25.7 Å². The van der Waals surface area contributed by atoms with Crippen LogP contribution >= 0.6 is 0 Å². The highest BCUT2D eigenvalue weighted by Gasteiger charge is 2.39. The summed E-state index contributed by atoms with van der Waals surface area (Å²) < 4.78 is 0. The number of nitrogens with two attached hydrogens (primary N) is 2. The lowest BCUT2D eigenvalue weighted by Gasteiger charge is -2.22. The van der Waals surface area contributed by atoms with E-state index in [2.05, 4.69) is 10.3 Å². The van der Waals surface area contributed by atoms with Crippen molar-refractivity contribution in [3.8, 4) is 0 Å². The lowest BCUT2D eigenvalue weighted by Crippen LogP contribution is -2.20. The fraction of sp³-hybridized carbons (Fsp3) is 0.615. The van der Waals surface area contributed by atoms with E-state index < -0.39 is 0 Å². The van der Waals surface area contributed by atoms with E-state index >= 15 is 0 Å². The smallest absolute Gasteiger partial charge is 0.149 e. The molecule has 92 valence electrons. The number of rotatable bonds is 3. The van der Waals surface area contributed by atoms with Crippen LogP contribution in [0.25, 0.3) is 0 Å². The van der Waals surface area contributed by atoms with Crippen LogP contribution in [0.1, 0.15) is 25.7 Å². The highest BCUT2D eigenvalue weighted by Crippen LogP contribution is 2.48. The first kappa shape index (κ1) is 10.7. The van der Waals surface area contributed by atoms with Gasteiger partial charge in [0.05, 0.1) is 5.69 Å². The van der Waals surface area contributed by atoms with E-state index in [0.717, 1.165) is 30.1 Å². The molecule has 3 rings (SSSR count). The molecule has 3 unspecified atom stereocenters. The number of fused-ring (bicyclic) bond motifs is 2. The zero-order valence-electron chi connectivity index (χ0n) is 10.0. The van der Waals surface area contributed by atoms with Crippen molar-refractivity contribution in [1.82, 2.24) is 4.98 Å². The highest BCUT2D eigenvalue weighted by atomic mass is 15.0. The Kier molecular flexibility index (Phi) is 2.57. The molecule has 17 heavy (non-hydrogen) atoms. The Hall–Kier alpha value is -1.45. The van der Waals surface area contributed by atoms with Crippen molar-refractivity contribution < 1.29 is 0 Å². The number of nitrogen functional groups attached to an aromatic ring is 2. The largest absolute Gasteiger partial charge is 0.396 e. The van der Waals surface area contributed by atoms with Crippen LogP contribution in [0.15, 0.2) is 12.1 Å². The van der Waals surface area contributed by atoms with Crippen LogP contribution in [0.3, 0.4) is 0 Å². The first-order valence-corrected chi connectivity index (χ1v) is 6.48. The molecule has 1 aromatic heterocycles. The molecule has 3 atom stereocenters. The van der Waals surface area contributed by atoms with Crippen LogP contribution in [-0.2, 0) is 0 Å². The SMILES string of the molecule is Nc1ccc(NCC2CC3CCC2C3)nc1N. The van der Waals surface area contributed by atoms with Gasteiger partial charge in [-0.15, -0.1) is 0 Å². The summed E-state index contributed by atoms with van der Waals surface area (Å²) in [6.45, 7) is 1.03. The predicted octanol–water partition coefficient (Wildman–Crippen LogP) is 2.09. The first-order valence-electron chi connectivity index (χ1n) is 6.48. The number of hydrogen-bond acceptors (Lipinski definition) is 4. The van der Waals surface area contributed by atoms with Gasteiger partial charge in [-0.3, -0.25) is 0 Å². The maximum absolute atomic E-state index is 5.69. The number of nitrogens with zero attached hydrogens (tertiary/aromatic N) is 1. The third-order valence-electron chi connectivity index (χ3n) is 4.39. The molecule has 1 aromatic rings. The molecule has 0 aliphatic heterocycles. The summed E-state index contributed by atoms with van der Waals surface area (Å²) in [5.41, 5.74) is 11.9. The summed E-state index contributed by atoms with van der Waals surface area (Å²) in [6.07, 6.45) is 5.72. The predicted molar refractivity (Wildman–Crippen MR) is 70.5 cm³/mol. The molecular formula is C13H20N4. The van der Waals surface area contributed by atoms with Gasteiger partial charge >= 0.3 is 0 Å². The third-order valence-corrected chi connectivity index (χ3v) is 4.39. The molecule has 2 bridgehead atoms. The van der Waals surface area contributed by atoms with E-state index in [4.69, 9.17) is 11.5 Å². The summed E-state index contributed by atoms with van der Waals surface area (Å²) in [6, 6.07) is 3.71. The van der Waals surface area contributed by atoms with Crippen molar-refractivity contribution in [2.24, 2.45) is 17.8 Å². The minimum atomic E-state index is 0.419. The Morgan fingerprint density at radius 1 is 1.24 bits per heavy atom. The highest BCUT2D eigenvalue weighted by molar-refractivity contribution is 5.61. The zero-order chi connectivity index (χ0) is 11.8. The zero-order valence-corrected chi connectivity index (χ0v) is 10.0. The third kappa shape index (κ3) is 2.04. The van der Waals surface area contributed by atoms with Gasteiger partial charge in [-0.1, -0.05) is 6.42 Å². The van der Waals surface area contributed by atoms with Crippen molar-refractivity contribution in [3.63, 3.8) is 0 Å². The molecule has 4 nitrogen and oxygen atoms in total.